The van der Waals surface area contributed by atoms with E-state index < -0.39 is 0 Å². The fraction of sp³-hybridized carbons (Fsp3) is 0.500. The van der Waals surface area contributed by atoms with E-state index in [0.717, 1.165) is 18.7 Å². The molecule has 2 bridgehead atoms. The third-order valence-corrected chi connectivity index (χ3v) is 3.39. The maximum absolute atomic E-state index is 5.92. The van der Waals surface area contributed by atoms with Crippen LogP contribution in [0, 0.1) is 0 Å². The van der Waals surface area contributed by atoms with Crippen LogP contribution in [-0.4, -0.2) is 24.6 Å². The first-order valence-electron chi connectivity index (χ1n) is 5.30. The van der Waals surface area contributed by atoms with E-state index in [9.17, 15) is 0 Å². The van der Waals surface area contributed by atoms with Gasteiger partial charge in [-0.05, 0) is 19.5 Å². The first-order valence-corrected chi connectivity index (χ1v) is 5.30. The van der Waals surface area contributed by atoms with Gasteiger partial charge in [-0.2, -0.15) is 0 Å². The van der Waals surface area contributed by atoms with E-state index in [0.29, 0.717) is 12.1 Å². The van der Waals surface area contributed by atoms with Gasteiger partial charge in [0.1, 0.15) is 11.9 Å². The van der Waals surface area contributed by atoms with Gasteiger partial charge < -0.3 is 4.74 Å². The SMILES string of the molecule is CN1CCC2CC1c1ccccc1O2. The Morgan fingerprint density at radius 2 is 2.21 bits per heavy atom. The molecule has 2 heterocycles. The number of benzene rings is 1. The van der Waals surface area contributed by atoms with Crippen LogP contribution in [0.3, 0.4) is 0 Å². The standard InChI is InChI=1S/C12H15NO/c1-13-7-6-9-8-11(13)10-4-2-3-5-12(10)14-9/h2-5,9,11H,6-8H2,1H3. The summed E-state index contributed by atoms with van der Waals surface area (Å²) in [5.41, 5.74) is 1.37. The average molecular weight is 189 g/mol. The van der Waals surface area contributed by atoms with Crippen LogP contribution in [0.4, 0.5) is 0 Å². The van der Waals surface area contributed by atoms with E-state index in [1.165, 1.54) is 12.0 Å². The molecule has 14 heavy (non-hydrogen) atoms. The van der Waals surface area contributed by atoms with E-state index in [1.54, 1.807) is 0 Å². The van der Waals surface area contributed by atoms with Gasteiger partial charge in [0.25, 0.3) is 0 Å². The molecule has 0 radical (unpaired) electrons. The zero-order chi connectivity index (χ0) is 9.54. The molecule has 2 aliphatic rings. The van der Waals surface area contributed by atoms with Crippen molar-refractivity contribution in [3.8, 4) is 5.75 Å². The summed E-state index contributed by atoms with van der Waals surface area (Å²) in [5.74, 6) is 1.10. The van der Waals surface area contributed by atoms with Crippen LogP contribution >= 0.6 is 0 Å². The van der Waals surface area contributed by atoms with Crippen LogP contribution in [-0.2, 0) is 0 Å². The molecule has 2 atom stereocenters. The van der Waals surface area contributed by atoms with Gasteiger partial charge in [-0.1, -0.05) is 18.2 Å². The minimum Gasteiger partial charge on any atom is -0.490 e. The first kappa shape index (κ1) is 8.30. The number of para-hydroxylation sites is 1. The molecular weight excluding hydrogens is 174 g/mol. The first-order chi connectivity index (χ1) is 6.84. The van der Waals surface area contributed by atoms with Crippen LogP contribution in [0.1, 0.15) is 24.4 Å². The summed E-state index contributed by atoms with van der Waals surface area (Å²) in [6, 6.07) is 9.02. The Morgan fingerprint density at radius 1 is 1.36 bits per heavy atom. The van der Waals surface area contributed by atoms with Crippen molar-refractivity contribution in [2.75, 3.05) is 13.6 Å². The molecule has 74 valence electrons. The molecule has 2 nitrogen and oxygen atoms in total. The van der Waals surface area contributed by atoms with E-state index in [-0.39, 0.29) is 0 Å². The molecule has 2 aliphatic heterocycles. The van der Waals surface area contributed by atoms with Gasteiger partial charge in [0.2, 0.25) is 0 Å². The molecule has 0 N–H and O–H groups in total. The molecule has 1 aromatic carbocycles. The van der Waals surface area contributed by atoms with E-state index in [2.05, 4.69) is 36.2 Å². The fourth-order valence-electron chi connectivity index (χ4n) is 2.56. The Hall–Kier alpha value is -1.02. The van der Waals surface area contributed by atoms with Crippen LogP contribution < -0.4 is 4.74 Å². The molecular formula is C12H15NO. The highest BCUT2D eigenvalue weighted by molar-refractivity contribution is 5.38. The number of nitrogens with zero attached hydrogens (tertiary/aromatic N) is 1. The molecule has 2 heteroatoms. The molecule has 1 saturated heterocycles. The lowest BCUT2D eigenvalue weighted by Gasteiger charge is -2.42. The van der Waals surface area contributed by atoms with Gasteiger partial charge in [-0.3, -0.25) is 4.90 Å². The monoisotopic (exact) mass is 189 g/mol. The van der Waals surface area contributed by atoms with E-state index in [1.807, 2.05) is 0 Å². The van der Waals surface area contributed by atoms with Crippen LogP contribution in [0.25, 0.3) is 0 Å². The molecule has 1 fully saturated rings. The van der Waals surface area contributed by atoms with Crippen LogP contribution in [0.2, 0.25) is 0 Å². The number of fused-ring (bicyclic) bond motifs is 4. The van der Waals surface area contributed by atoms with Crippen LogP contribution in [0.15, 0.2) is 24.3 Å². The van der Waals surface area contributed by atoms with Gasteiger partial charge in [0.05, 0.1) is 0 Å². The molecule has 0 saturated carbocycles. The van der Waals surface area contributed by atoms with Crippen molar-refractivity contribution in [2.24, 2.45) is 0 Å². The van der Waals surface area contributed by atoms with Gasteiger partial charge in [0, 0.05) is 24.6 Å². The second-order valence-corrected chi connectivity index (χ2v) is 4.30. The van der Waals surface area contributed by atoms with Crippen molar-refractivity contribution >= 4 is 0 Å². The number of ether oxygens (including phenoxy) is 1. The third kappa shape index (κ3) is 1.14. The van der Waals surface area contributed by atoms with Crippen molar-refractivity contribution in [1.29, 1.82) is 0 Å². The Labute approximate surface area is 84.5 Å². The largest absolute Gasteiger partial charge is 0.490 e. The lowest BCUT2D eigenvalue weighted by atomic mass is 9.90. The highest BCUT2D eigenvalue weighted by Crippen LogP contribution is 2.41. The molecule has 1 aromatic rings. The van der Waals surface area contributed by atoms with Gasteiger partial charge in [-0.25, -0.2) is 0 Å². The minimum atomic E-state index is 0.450. The number of likely N-dealkylation sites (tertiary alicyclic amines) is 1. The maximum Gasteiger partial charge on any atom is 0.124 e. The number of hydrogen-bond acceptors (Lipinski definition) is 2. The summed E-state index contributed by atoms with van der Waals surface area (Å²) in [6.07, 6.45) is 2.78. The molecule has 0 amide bonds. The van der Waals surface area contributed by atoms with Crippen molar-refractivity contribution in [2.45, 2.75) is 25.0 Å². The van der Waals surface area contributed by atoms with Gasteiger partial charge in [-0.15, -0.1) is 0 Å². The highest BCUT2D eigenvalue weighted by Gasteiger charge is 2.34. The summed E-state index contributed by atoms with van der Waals surface area (Å²) in [6.45, 7) is 1.16. The second-order valence-electron chi connectivity index (χ2n) is 4.30. The summed E-state index contributed by atoms with van der Waals surface area (Å²) in [4.78, 5) is 2.44. The summed E-state index contributed by atoms with van der Waals surface area (Å²) < 4.78 is 5.92. The van der Waals surface area contributed by atoms with Gasteiger partial charge >= 0.3 is 0 Å². The zero-order valence-electron chi connectivity index (χ0n) is 8.44. The predicted octanol–water partition coefficient (Wildman–Crippen LogP) is 2.21. The molecule has 3 rings (SSSR count). The van der Waals surface area contributed by atoms with Crippen molar-refractivity contribution in [3.05, 3.63) is 29.8 Å². The number of hydrogen-bond donors (Lipinski definition) is 0. The smallest absolute Gasteiger partial charge is 0.124 e. The maximum atomic E-state index is 5.92. The molecule has 2 unspecified atom stereocenters. The lowest BCUT2D eigenvalue weighted by Crippen LogP contribution is -2.41. The highest BCUT2D eigenvalue weighted by atomic mass is 16.5. The Kier molecular flexibility index (Phi) is 1.77. The Bertz CT molecular complexity index is 350. The van der Waals surface area contributed by atoms with Crippen molar-refractivity contribution in [3.63, 3.8) is 0 Å². The minimum absolute atomic E-state index is 0.450. The van der Waals surface area contributed by atoms with Gasteiger partial charge in [0.15, 0.2) is 0 Å². The Balaban J connectivity index is 2.06. The predicted molar refractivity (Wildman–Crippen MR) is 55.5 cm³/mol. The normalized spacial score (nSPS) is 30.6. The summed E-state index contributed by atoms with van der Waals surface area (Å²) >= 11 is 0. The quantitative estimate of drug-likeness (QED) is 0.620. The Morgan fingerprint density at radius 3 is 3.14 bits per heavy atom. The lowest BCUT2D eigenvalue weighted by molar-refractivity contribution is 0.0468. The van der Waals surface area contributed by atoms with E-state index >= 15 is 0 Å². The second kappa shape index (κ2) is 2.99. The molecule has 0 aliphatic carbocycles. The van der Waals surface area contributed by atoms with Crippen LogP contribution in [0.5, 0.6) is 5.75 Å². The zero-order valence-corrected chi connectivity index (χ0v) is 8.44. The summed E-state index contributed by atoms with van der Waals surface area (Å²) in [7, 11) is 2.21. The number of piperidine rings is 1. The van der Waals surface area contributed by atoms with E-state index in [4.69, 9.17) is 4.74 Å². The number of rotatable bonds is 0. The topological polar surface area (TPSA) is 12.5 Å². The van der Waals surface area contributed by atoms with Crippen molar-refractivity contribution in [1.82, 2.24) is 4.90 Å². The molecule has 0 aromatic heterocycles. The molecule has 0 spiro atoms. The average Bonchev–Trinajstić information content (AvgIpc) is 2.23. The third-order valence-electron chi connectivity index (χ3n) is 3.39. The van der Waals surface area contributed by atoms with Crippen molar-refractivity contribution < 1.29 is 4.74 Å². The fourth-order valence-corrected chi connectivity index (χ4v) is 2.56. The summed E-state index contributed by atoms with van der Waals surface area (Å²) in [5, 5.41) is 0.